The summed E-state index contributed by atoms with van der Waals surface area (Å²) in [5.41, 5.74) is 2.92. The van der Waals surface area contributed by atoms with Crippen LogP contribution in [0.3, 0.4) is 0 Å². The lowest BCUT2D eigenvalue weighted by atomic mass is 9.93. The Labute approximate surface area is 190 Å². The summed E-state index contributed by atoms with van der Waals surface area (Å²) in [4.78, 5) is 38.4. The zero-order chi connectivity index (χ0) is 22.9. The Morgan fingerprint density at radius 1 is 1.09 bits per heavy atom. The van der Waals surface area contributed by atoms with Crippen molar-refractivity contribution in [1.29, 1.82) is 0 Å². The van der Waals surface area contributed by atoms with Gasteiger partial charge in [0.2, 0.25) is 11.7 Å². The number of halogens is 1. The van der Waals surface area contributed by atoms with Crippen LogP contribution < -0.4 is 0 Å². The lowest BCUT2D eigenvalue weighted by molar-refractivity contribution is -0.138. The Morgan fingerprint density at radius 3 is 2.67 bits per heavy atom. The molecule has 2 amide bonds. The molecule has 2 aromatic carbocycles. The molecule has 8 heteroatoms. The maximum absolute atomic E-state index is 13.4. The van der Waals surface area contributed by atoms with Crippen LogP contribution in [0.25, 0.3) is 16.9 Å². The van der Waals surface area contributed by atoms with Crippen molar-refractivity contribution in [2.24, 2.45) is 0 Å². The van der Waals surface area contributed by atoms with E-state index in [1.54, 1.807) is 58.0 Å². The molecule has 5 rings (SSSR count). The van der Waals surface area contributed by atoms with Gasteiger partial charge in [-0.3, -0.25) is 14.0 Å². The minimum Gasteiger partial charge on any atom is -0.342 e. The average Bonchev–Trinajstić information content (AvgIpc) is 3.27. The van der Waals surface area contributed by atoms with Gasteiger partial charge in [-0.15, -0.1) is 0 Å². The highest BCUT2D eigenvalue weighted by molar-refractivity contribution is 5.97. The van der Waals surface area contributed by atoms with E-state index in [-0.39, 0.29) is 23.3 Å². The number of likely N-dealkylation sites (N-methyl/N-ethyl adjacent to an activating group) is 1. The van der Waals surface area contributed by atoms with E-state index in [1.807, 2.05) is 24.3 Å². The number of imidazole rings is 1. The van der Waals surface area contributed by atoms with E-state index in [0.29, 0.717) is 25.3 Å². The maximum atomic E-state index is 13.4. The Balaban J connectivity index is 1.49. The van der Waals surface area contributed by atoms with Crippen molar-refractivity contribution in [1.82, 2.24) is 24.2 Å². The number of nitrogens with zero attached hydrogens (tertiary/aromatic N) is 5. The van der Waals surface area contributed by atoms with E-state index in [1.165, 1.54) is 12.1 Å². The molecule has 0 bridgehead atoms. The molecular formula is C25H22FN5O2. The lowest BCUT2D eigenvalue weighted by Gasteiger charge is -2.39. The molecule has 0 N–H and O–H groups in total. The van der Waals surface area contributed by atoms with Gasteiger partial charge in [0.05, 0.1) is 0 Å². The van der Waals surface area contributed by atoms with Crippen molar-refractivity contribution in [3.63, 3.8) is 0 Å². The predicted octanol–water partition coefficient (Wildman–Crippen LogP) is 3.06. The summed E-state index contributed by atoms with van der Waals surface area (Å²) in [6, 6.07) is 15.1. The van der Waals surface area contributed by atoms with Gasteiger partial charge in [-0.1, -0.05) is 36.4 Å². The molecule has 0 aliphatic carbocycles. The Kier molecular flexibility index (Phi) is 5.34. The molecule has 1 aliphatic rings. The van der Waals surface area contributed by atoms with Crippen LogP contribution >= 0.6 is 0 Å². The first-order valence-corrected chi connectivity index (χ1v) is 10.7. The standard InChI is InChI=1S/C25H22FN5O2/c1-29-13-14-31(23(32)21-16-30-12-4-11-27-25(30)28-21)22(24(29)33)15-18-5-2-3-6-20(18)17-7-9-19(26)10-8-17/h2-12,16,22H,13-15H2,1H3/t22-/m0/s1. The van der Waals surface area contributed by atoms with Crippen LogP contribution in [-0.4, -0.2) is 62.2 Å². The highest BCUT2D eigenvalue weighted by atomic mass is 19.1. The van der Waals surface area contributed by atoms with Gasteiger partial charge in [-0.2, -0.15) is 0 Å². The van der Waals surface area contributed by atoms with Crippen molar-refractivity contribution >= 4 is 17.6 Å². The number of carbonyl (C=O) groups excluding carboxylic acids is 2. The molecule has 0 saturated carbocycles. The van der Waals surface area contributed by atoms with Gasteiger partial charge in [0.15, 0.2) is 0 Å². The topological polar surface area (TPSA) is 70.8 Å². The zero-order valence-electron chi connectivity index (χ0n) is 18.1. The minimum absolute atomic E-state index is 0.120. The van der Waals surface area contributed by atoms with Crippen LogP contribution in [0, 0.1) is 5.82 Å². The second-order valence-corrected chi connectivity index (χ2v) is 8.10. The first-order valence-electron chi connectivity index (χ1n) is 10.7. The number of hydrogen-bond donors (Lipinski definition) is 0. The lowest BCUT2D eigenvalue weighted by Crippen LogP contribution is -2.58. The van der Waals surface area contributed by atoms with Crippen LogP contribution in [-0.2, 0) is 11.2 Å². The number of piperazine rings is 1. The number of carbonyl (C=O) groups is 2. The number of benzene rings is 2. The van der Waals surface area contributed by atoms with E-state index in [0.717, 1.165) is 16.7 Å². The van der Waals surface area contributed by atoms with E-state index in [9.17, 15) is 14.0 Å². The molecule has 0 radical (unpaired) electrons. The smallest absolute Gasteiger partial charge is 0.274 e. The Morgan fingerprint density at radius 2 is 1.88 bits per heavy atom. The molecule has 166 valence electrons. The van der Waals surface area contributed by atoms with Crippen molar-refractivity contribution in [2.45, 2.75) is 12.5 Å². The fourth-order valence-corrected chi connectivity index (χ4v) is 4.25. The summed E-state index contributed by atoms with van der Waals surface area (Å²) >= 11 is 0. The molecule has 1 aliphatic heterocycles. The normalized spacial score (nSPS) is 16.4. The number of rotatable bonds is 4. The van der Waals surface area contributed by atoms with Crippen molar-refractivity contribution < 1.29 is 14.0 Å². The SMILES string of the molecule is CN1CCN(C(=O)c2cn3cccnc3n2)[C@@H](Cc2ccccc2-c2ccc(F)cc2)C1=O. The summed E-state index contributed by atoms with van der Waals surface area (Å²) in [5, 5.41) is 0. The van der Waals surface area contributed by atoms with Crippen molar-refractivity contribution in [2.75, 3.05) is 20.1 Å². The highest BCUT2D eigenvalue weighted by Gasteiger charge is 2.37. The summed E-state index contributed by atoms with van der Waals surface area (Å²) in [6.07, 6.45) is 5.37. The van der Waals surface area contributed by atoms with Crippen LogP contribution in [0.1, 0.15) is 16.1 Å². The molecule has 4 aromatic rings. The summed E-state index contributed by atoms with van der Waals surface area (Å²) < 4.78 is 15.1. The van der Waals surface area contributed by atoms with Crippen LogP contribution in [0.2, 0.25) is 0 Å². The fourth-order valence-electron chi connectivity index (χ4n) is 4.25. The van der Waals surface area contributed by atoms with Gasteiger partial charge in [0.25, 0.3) is 5.91 Å². The third-order valence-corrected chi connectivity index (χ3v) is 6.02. The van der Waals surface area contributed by atoms with E-state index >= 15 is 0 Å². The first-order chi connectivity index (χ1) is 16.0. The Bertz CT molecular complexity index is 1300. The maximum Gasteiger partial charge on any atom is 0.274 e. The van der Waals surface area contributed by atoms with Gasteiger partial charge in [-0.05, 0) is 34.9 Å². The quantitative estimate of drug-likeness (QED) is 0.486. The second-order valence-electron chi connectivity index (χ2n) is 8.10. The van der Waals surface area contributed by atoms with Gasteiger partial charge in [0.1, 0.15) is 17.6 Å². The third-order valence-electron chi connectivity index (χ3n) is 6.02. The Hall–Kier alpha value is -4.07. The number of aromatic nitrogens is 3. The van der Waals surface area contributed by atoms with E-state index in [4.69, 9.17) is 0 Å². The average molecular weight is 443 g/mol. The van der Waals surface area contributed by atoms with E-state index in [2.05, 4.69) is 9.97 Å². The molecule has 33 heavy (non-hydrogen) atoms. The van der Waals surface area contributed by atoms with Crippen LogP contribution in [0.5, 0.6) is 0 Å². The fraction of sp³-hybridized carbons (Fsp3) is 0.200. The number of amides is 2. The third kappa shape index (κ3) is 3.95. The molecule has 1 saturated heterocycles. The van der Waals surface area contributed by atoms with Crippen LogP contribution in [0.4, 0.5) is 4.39 Å². The molecule has 2 aromatic heterocycles. The molecule has 1 atom stereocenters. The molecule has 1 fully saturated rings. The molecule has 3 heterocycles. The largest absolute Gasteiger partial charge is 0.342 e. The van der Waals surface area contributed by atoms with Gasteiger partial charge < -0.3 is 9.80 Å². The van der Waals surface area contributed by atoms with Crippen LogP contribution in [0.15, 0.2) is 73.2 Å². The molecular weight excluding hydrogens is 421 g/mol. The second kappa shape index (κ2) is 8.46. The van der Waals surface area contributed by atoms with E-state index < -0.39 is 6.04 Å². The zero-order valence-corrected chi connectivity index (χ0v) is 18.1. The minimum atomic E-state index is -0.671. The van der Waals surface area contributed by atoms with Gasteiger partial charge >= 0.3 is 0 Å². The monoisotopic (exact) mass is 443 g/mol. The van der Waals surface area contributed by atoms with Crippen molar-refractivity contribution in [3.05, 3.63) is 90.3 Å². The highest BCUT2D eigenvalue weighted by Crippen LogP contribution is 2.27. The summed E-state index contributed by atoms with van der Waals surface area (Å²) in [5.74, 6) is -0.296. The number of hydrogen-bond acceptors (Lipinski definition) is 4. The molecule has 0 spiro atoms. The van der Waals surface area contributed by atoms with Gasteiger partial charge in [-0.25, -0.2) is 14.4 Å². The number of fused-ring (bicyclic) bond motifs is 1. The molecule has 0 unspecified atom stereocenters. The summed E-state index contributed by atoms with van der Waals surface area (Å²) in [7, 11) is 1.75. The molecule has 7 nitrogen and oxygen atoms in total. The summed E-state index contributed by atoms with van der Waals surface area (Å²) in [6.45, 7) is 0.859. The van der Waals surface area contributed by atoms with Gasteiger partial charge in [0, 0.05) is 45.1 Å². The first kappa shape index (κ1) is 20.8. The predicted molar refractivity (Wildman–Crippen MR) is 121 cm³/mol. The van der Waals surface area contributed by atoms with Crippen molar-refractivity contribution in [3.8, 4) is 11.1 Å².